The summed E-state index contributed by atoms with van der Waals surface area (Å²) in [7, 11) is 0. The smallest absolute Gasteiger partial charge is 0.0272 e. The van der Waals surface area contributed by atoms with Gasteiger partial charge in [0.1, 0.15) is 0 Å². The summed E-state index contributed by atoms with van der Waals surface area (Å²) in [4.78, 5) is 0. The first-order chi connectivity index (χ1) is 11.5. The van der Waals surface area contributed by atoms with Crippen molar-refractivity contribution in [1.29, 1.82) is 0 Å². The second-order valence-corrected chi connectivity index (χ2v) is 11.8. The van der Waals surface area contributed by atoms with Crippen molar-refractivity contribution < 1.29 is 0 Å². The molecule has 0 saturated heterocycles. The minimum atomic E-state index is 0.310. The van der Waals surface area contributed by atoms with Crippen LogP contribution in [0.2, 0.25) is 0 Å². The zero-order valence-corrected chi connectivity index (χ0v) is 21.2. The van der Waals surface area contributed by atoms with Crippen LogP contribution in [0.1, 0.15) is 104 Å². The lowest BCUT2D eigenvalue weighted by Gasteiger charge is -2.54. The van der Waals surface area contributed by atoms with Gasteiger partial charge in [0.15, 0.2) is 0 Å². The zero-order chi connectivity index (χ0) is 21.2. The topological polar surface area (TPSA) is 0 Å². The molecular formula is C26H54. The van der Waals surface area contributed by atoms with Gasteiger partial charge < -0.3 is 0 Å². The van der Waals surface area contributed by atoms with Crippen LogP contribution in [0.3, 0.4) is 0 Å². The molecule has 0 aliphatic heterocycles. The Bertz CT molecular complexity index is 400. The van der Waals surface area contributed by atoms with Crippen molar-refractivity contribution >= 4 is 0 Å². The van der Waals surface area contributed by atoms with Crippen LogP contribution in [-0.4, -0.2) is 0 Å². The first-order valence-corrected chi connectivity index (χ1v) is 11.5. The molecule has 0 aromatic carbocycles. The van der Waals surface area contributed by atoms with E-state index < -0.39 is 0 Å². The van der Waals surface area contributed by atoms with E-state index in [9.17, 15) is 0 Å². The molecule has 0 nitrogen and oxygen atoms in total. The Morgan fingerprint density at radius 3 is 0.923 bits per heavy atom. The van der Waals surface area contributed by atoms with Gasteiger partial charge in [-0.2, -0.15) is 0 Å². The first kappa shape index (κ1) is 26.0. The molecule has 0 N–H and O–H groups in total. The average Bonchev–Trinajstić information content (AvgIpc) is 2.56. The van der Waals surface area contributed by atoms with Crippen LogP contribution in [0.25, 0.3) is 0 Å². The summed E-state index contributed by atoms with van der Waals surface area (Å²) >= 11 is 0. The number of rotatable bonds is 10. The maximum atomic E-state index is 2.54. The molecule has 0 aromatic rings. The molecule has 26 heavy (non-hydrogen) atoms. The summed E-state index contributed by atoms with van der Waals surface area (Å²) in [6.07, 6.45) is 0. The molecule has 0 amide bonds. The molecule has 0 bridgehead atoms. The van der Waals surface area contributed by atoms with Crippen LogP contribution < -0.4 is 0 Å². The van der Waals surface area contributed by atoms with Gasteiger partial charge >= 0.3 is 0 Å². The fourth-order valence-electron chi connectivity index (χ4n) is 5.09. The van der Waals surface area contributed by atoms with E-state index >= 15 is 0 Å². The van der Waals surface area contributed by atoms with Gasteiger partial charge in [-0.05, 0) is 64.1 Å². The molecule has 0 rings (SSSR count). The monoisotopic (exact) mass is 366 g/mol. The van der Waals surface area contributed by atoms with Crippen LogP contribution in [0, 0.1) is 64.1 Å². The summed E-state index contributed by atoms with van der Waals surface area (Å²) in [6.45, 7) is 37.1. The van der Waals surface area contributed by atoms with E-state index in [0.29, 0.717) is 16.7 Å². The van der Waals surface area contributed by atoms with Gasteiger partial charge in [-0.3, -0.25) is 0 Å². The van der Waals surface area contributed by atoms with Gasteiger partial charge in [0.25, 0.3) is 0 Å². The molecule has 0 fully saturated rings. The Morgan fingerprint density at radius 2 is 0.615 bits per heavy atom. The lowest BCUT2D eigenvalue weighted by Crippen LogP contribution is -2.48. The minimum Gasteiger partial charge on any atom is -0.0625 e. The molecule has 0 radical (unpaired) electrons. The lowest BCUT2D eigenvalue weighted by molar-refractivity contribution is -0.0561. The summed E-state index contributed by atoms with van der Waals surface area (Å²) in [5.41, 5.74) is 0.626. The Morgan fingerprint density at radius 1 is 0.346 bits per heavy atom. The van der Waals surface area contributed by atoms with Crippen LogP contribution >= 0.6 is 0 Å². The highest BCUT2D eigenvalue weighted by Crippen LogP contribution is 2.55. The maximum absolute atomic E-state index is 2.54. The Labute approximate surface area is 168 Å². The summed E-state index contributed by atoms with van der Waals surface area (Å²) in [5.74, 6) is 6.76. The molecule has 0 aromatic heterocycles. The third-order valence-corrected chi connectivity index (χ3v) is 10.1. The molecule has 0 heterocycles. The predicted molar refractivity (Wildman–Crippen MR) is 121 cm³/mol. The average molecular weight is 367 g/mol. The normalized spacial score (nSPS) is 22.0. The van der Waals surface area contributed by atoms with Gasteiger partial charge in [0, 0.05) is 0 Å². The predicted octanol–water partition coefficient (Wildman–Crippen LogP) is 8.80. The van der Waals surface area contributed by atoms with Crippen LogP contribution in [-0.2, 0) is 0 Å². The standard InChI is InChI=1S/C26H54/c1-16(2)18(5)20(7)21(8)22(9)24(11)26(14,15)25(12,13)23(10)19(6)17(3)4/h16-24H,1-15H3/t18-,19+,20-,21-,22-,23+,24-/m1/s1. The van der Waals surface area contributed by atoms with Crippen LogP contribution in [0.5, 0.6) is 0 Å². The van der Waals surface area contributed by atoms with E-state index in [0.717, 1.165) is 47.3 Å². The van der Waals surface area contributed by atoms with Crippen molar-refractivity contribution in [3.8, 4) is 0 Å². The molecule has 7 atom stereocenters. The van der Waals surface area contributed by atoms with Crippen molar-refractivity contribution in [3.05, 3.63) is 0 Å². The highest BCUT2D eigenvalue weighted by Gasteiger charge is 2.48. The number of hydrogen-bond acceptors (Lipinski definition) is 0. The third-order valence-electron chi connectivity index (χ3n) is 10.1. The van der Waals surface area contributed by atoms with Crippen molar-refractivity contribution in [2.75, 3.05) is 0 Å². The Balaban J connectivity index is 5.50. The highest BCUT2D eigenvalue weighted by molar-refractivity contribution is 4.96. The quantitative estimate of drug-likeness (QED) is 0.362. The van der Waals surface area contributed by atoms with Crippen LogP contribution in [0.15, 0.2) is 0 Å². The molecule has 0 saturated carbocycles. The van der Waals surface area contributed by atoms with Gasteiger partial charge in [-0.1, -0.05) is 104 Å². The van der Waals surface area contributed by atoms with Gasteiger partial charge in [-0.15, -0.1) is 0 Å². The minimum absolute atomic E-state index is 0.310. The second-order valence-electron chi connectivity index (χ2n) is 11.8. The van der Waals surface area contributed by atoms with Crippen molar-refractivity contribution in [3.63, 3.8) is 0 Å². The lowest BCUT2D eigenvalue weighted by atomic mass is 9.51. The van der Waals surface area contributed by atoms with E-state index in [-0.39, 0.29) is 0 Å². The fourth-order valence-corrected chi connectivity index (χ4v) is 5.09. The second kappa shape index (κ2) is 9.47. The van der Waals surface area contributed by atoms with E-state index in [1.165, 1.54) is 0 Å². The van der Waals surface area contributed by atoms with Crippen molar-refractivity contribution in [1.82, 2.24) is 0 Å². The molecule has 158 valence electrons. The summed E-state index contributed by atoms with van der Waals surface area (Å²) in [6, 6.07) is 0. The van der Waals surface area contributed by atoms with E-state index in [2.05, 4.69) is 104 Å². The maximum Gasteiger partial charge on any atom is -0.0272 e. The van der Waals surface area contributed by atoms with Gasteiger partial charge in [-0.25, -0.2) is 0 Å². The fraction of sp³-hybridized carbons (Fsp3) is 1.00. The first-order valence-electron chi connectivity index (χ1n) is 11.5. The SMILES string of the molecule is CC(C)[C@@H](C)[C@@H](C)[C@@H](C)[C@@H](C)[C@@H](C)C(C)(C)C(C)(C)[C@@H](C)[C@@H](C)C(C)C. The van der Waals surface area contributed by atoms with Crippen molar-refractivity contribution in [2.24, 2.45) is 64.1 Å². The Kier molecular flexibility index (Phi) is 9.47. The Hall–Kier alpha value is 0. The van der Waals surface area contributed by atoms with E-state index in [4.69, 9.17) is 0 Å². The van der Waals surface area contributed by atoms with E-state index in [1.807, 2.05) is 0 Å². The third kappa shape index (κ3) is 5.29. The zero-order valence-electron chi connectivity index (χ0n) is 21.2. The largest absolute Gasteiger partial charge is 0.0625 e. The highest BCUT2D eigenvalue weighted by atomic mass is 14.5. The molecule has 0 heteroatoms. The number of hydrogen-bond donors (Lipinski definition) is 0. The van der Waals surface area contributed by atoms with Crippen LogP contribution in [0.4, 0.5) is 0 Å². The van der Waals surface area contributed by atoms with Gasteiger partial charge in [0.05, 0.1) is 0 Å². The molecule has 0 aliphatic carbocycles. The molecular weight excluding hydrogens is 312 g/mol. The summed E-state index contributed by atoms with van der Waals surface area (Å²) in [5, 5.41) is 0. The van der Waals surface area contributed by atoms with E-state index in [1.54, 1.807) is 0 Å². The van der Waals surface area contributed by atoms with Gasteiger partial charge in [0.2, 0.25) is 0 Å². The molecule has 0 unspecified atom stereocenters. The molecule has 0 spiro atoms. The summed E-state index contributed by atoms with van der Waals surface area (Å²) < 4.78 is 0. The van der Waals surface area contributed by atoms with Crippen molar-refractivity contribution in [2.45, 2.75) is 104 Å². The molecule has 0 aliphatic rings.